The molecule has 3 rings (SSSR count). The maximum atomic E-state index is 13.8. The molecule has 102 valence electrons. The maximum absolute atomic E-state index is 13.8. The van der Waals surface area contributed by atoms with Gasteiger partial charge in [0.05, 0.1) is 11.2 Å². The van der Waals surface area contributed by atoms with Crippen molar-refractivity contribution in [2.45, 2.75) is 13.0 Å². The fraction of sp³-hybridized carbons (Fsp3) is 0.133. The van der Waals surface area contributed by atoms with Crippen LogP contribution < -0.4 is 4.74 Å². The molecule has 0 spiro atoms. The number of fused-ring (bicyclic) bond motifs is 1. The minimum atomic E-state index is -0.498. The van der Waals surface area contributed by atoms with Crippen molar-refractivity contribution in [2.75, 3.05) is 0 Å². The van der Waals surface area contributed by atoms with Crippen LogP contribution in [0.3, 0.4) is 0 Å². The topological polar surface area (TPSA) is 37.9 Å². The molecule has 0 aliphatic carbocycles. The van der Waals surface area contributed by atoms with E-state index in [1.54, 1.807) is 6.92 Å². The monoisotopic (exact) mass is 290 g/mol. The summed E-state index contributed by atoms with van der Waals surface area (Å²) >= 11 is 5.98. The number of ether oxygens (including phenoxy) is 1. The first-order chi connectivity index (χ1) is 9.65. The molecule has 0 radical (unpaired) electrons. The normalized spacial score (nSPS) is 12.6. The lowest BCUT2D eigenvalue weighted by atomic mass is 10.1. The van der Waals surface area contributed by atoms with Crippen molar-refractivity contribution in [2.24, 2.45) is 0 Å². The molecule has 1 aromatic carbocycles. The van der Waals surface area contributed by atoms with Crippen molar-refractivity contribution in [3.8, 4) is 5.75 Å². The second-order valence-corrected chi connectivity index (χ2v) is 4.91. The Morgan fingerprint density at radius 1 is 1.30 bits per heavy atom. The van der Waals surface area contributed by atoms with Crippen molar-refractivity contribution in [1.29, 1.82) is 0 Å². The van der Waals surface area contributed by atoms with Crippen LogP contribution in [-0.4, -0.2) is 9.97 Å². The lowest BCUT2D eigenvalue weighted by molar-refractivity contribution is 0.221. The third kappa shape index (κ3) is 2.34. The van der Waals surface area contributed by atoms with Gasteiger partial charge < -0.3 is 9.72 Å². The minimum absolute atomic E-state index is 0.264. The zero-order valence-corrected chi connectivity index (χ0v) is 11.5. The Bertz CT molecular complexity index is 736. The quantitative estimate of drug-likeness (QED) is 0.771. The van der Waals surface area contributed by atoms with E-state index in [1.165, 1.54) is 6.20 Å². The van der Waals surface area contributed by atoms with Crippen molar-refractivity contribution >= 4 is 22.5 Å². The van der Waals surface area contributed by atoms with Crippen molar-refractivity contribution < 1.29 is 9.13 Å². The fourth-order valence-corrected chi connectivity index (χ4v) is 2.48. The summed E-state index contributed by atoms with van der Waals surface area (Å²) < 4.78 is 19.5. The summed E-state index contributed by atoms with van der Waals surface area (Å²) in [6.07, 6.45) is 3.91. The van der Waals surface area contributed by atoms with Crippen molar-refractivity contribution in [3.63, 3.8) is 0 Å². The van der Waals surface area contributed by atoms with E-state index in [-0.39, 0.29) is 5.02 Å². The second-order valence-electron chi connectivity index (χ2n) is 4.50. The molecule has 0 fully saturated rings. The molecule has 2 heterocycles. The van der Waals surface area contributed by atoms with Crippen molar-refractivity contribution in [3.05, 3.63) is 59.3 Å². The molecule has 5 heteroatoms. The van der Waals surface area contributed by atoms with Gasteiger partial charge in [-0.15, -0.1) is 0 Å². The molecule has 1 unspecified atom stereocenters. The predicted octanol–water partition coefficient (Wildman–Crippen LogP) is 4.50. The first-order valence-electron chi connectivity index (χ1n) is 6.18. The number of aromatic amines is 1. The average Bonchev–Trinajstić information content (AvgIpc) is 2.85. The second kappa shape index (κ2) is 5.13. The van der Waals surface area contributed by atoms with Crippen LogP contribution in [0.4, 0.5) is 4.39 Å². The first-order valence-corrected chi connectivity index (χ1v) is 6.55. The molecule has 20 heavy (non-hydrogen) atoms. The molecule has 0 bridgehead atoms. The van der Waals surface area contributed by atoms with Crippen LogP contribution in [0.1, 0.15) is 18.6 Å². The van der Waals surface area contributed by atoms with E-state index >= 15 is 0 Å². The molecule has 2 aromatic heterocycles. The van der Waals surface area contributed by atoms with E-state index in [0.29, 0.717) is 11.3 Å². The Kier molecular flexibility index (Phi) is 3.32. The first kappa shape index (κ1) is 12.9. The molecule has 0 aliphatic heterocycles. The minimum Gasteiger partial charge on any atom is -0.486 e. The smallest absolute Gasteiger partial charge is 0.149 e. The number of pyridine rings is 1. The van der Waals surface area contributed by atoms with Crippen LogP contribution in [0.5, 0.6) is 5.75 Å². The van der Waals surface area contributed by atoms with Gasteiger partial charge in [-0.3, -0.25) is 4.98 Å². The van der Waals surface area contributed by atoms with Crippen molar-refractivity contribution in [1.82, 2.24) is 9.97 Å². The highest BCUT2D eigenvalue weighted by atomic mass is 35.5. The van der Waals surface area contributed by atoms with E-state index in [1.807, 2.05) is 30.5 Å². The molecular weight excluding hydrogens is 279 g/mol. The largest absolute Gasteiger partial charge is 0.486 e. The number of hydrogen-bond acceptors (Lipinski definition) is 2. The van der Waals surface area contributed by atoms with Gasteiger partial charge in [0.15, 0.2) is 0 Å². The highest BCUT2D eigenvalue weighted by Crippen LogP contribution is 2.30. The average molecular weight is 291 g/mol. The molecule has 0 aliphatic rings. The Labute approximate surface area is 120 Å². The Morgan fingerprint density at radius 2 is 2.15 bits per heavy atom. The summed E-state index contributed by atoms with van der Waals surface area (Å²) in [5.41, 5.74) is 1.34. The van der Waals surface area contributed by atoms with Crippen LogP contribution in [-0.2, 0) is 0 Å². The standard InChI is InChI=1S/C15H12ClFN2O/c1-9(15-12(16)7-18-8-13(15)17)20-11-2-3-14-10(6-11)4-5-19-14/h2-9,19H,1H3. The van der Waals surface area contributed by atoms with Gasteiger partial charge in [-0.25, -0.2) is 4.39 Å². The SMILES string of the molecule is CC(Oc1ccc2[nH]ccc2c1)c1c(F)cncc1Cl. The van der Waals surface area contributed by atoms with E-state index in [2.05, 4.69) is 9.97 Å². The Balaban J connectivity index is 1.90. The zero-order chi connectivity index (χ0) is 14.1. The zero-order valence-electron chi connectivity index (χ0n) is 10.7. The van der Waals surface area contributed by atoms with Gasteiger partial charge >= 0.3 is 0 Å². The molecule has 3 nitrogen and oxygen atoms in total. The van der Waals surface area contributed by atoms with Gasteiger partial charge in [-0.05, 0) is 31.2 Å². The molecule has 0 saturated carbocycles. The van der Waals surface area contributed by atoms with Crippen LogP contribution in [0.25, 0.3) is 10.9 Å². The Morgan fingerprint density at radius 3 is 2.95 bits per heavy atom. The number of halogens is 2. The van der Waals surface area contributed by atoms with Gasteiger partial charge in [-0.2, -0.15) is 0 Å². The highest BCUT2D eigenvalue weighted by Gasteiger charge is 2.17. The Hall–Kier alpha value is -2.07. The number of benzene rings is 1. The number of hydrogen-bond donors (Lipinski definition) is 1. The van der Waals surface area contributed by atoms with Gasteiger partial charge in [-0.1, -0.05) is 11.6 Å². The van der Waals surface area contributed by atoms with Crippen LogP contribution in [0.2, 0.25) is 5.02 Å². The number of rotatable bonds is 3. The molecule has 0 amide bonds. The third-order valence-electron chi connectivity index (χ3n) is 3.13. The molecule has 1 N–H and O–H groups in total. The molecular formula is C15H12ClFN2O. The summed E-state index contributed by atoms with van der Waals surface area (Å²) in [7, 11) is 0. The predicted molar refractivity (Wildman–Crippen MR) is 76.5 cm³/mol. The third-order valence-corrected chi connectivity index (χ3v) is 3.44. The van der Waals surface area contributed by atoms with Crippen LogP contribution >= 0.6 is 11.6 Å². The number of aromatic nitrogens is 2. The van der Waals surface area contributed by atoms with Gasteiger partial charge in [0.1, 0.15) is 17.7 Å². The molecule has 1 atom stereocenters. The fourth-order valence-electron chi connectivity index (χ4n) is 2.18. The molecule has 0 saturated heterocycles. The highest BCUT2D eigenvalue weighted by molar-refractivity contribution is 6.31. The number of H-pyrrole nitrogens is 1. The van der Waals surface area contributed by atoms with Gasteiger partial charge in [0, 0.05) is 28.9 Å². The molecule has 3 aromatic rings. The van der Waals surface area contributed by atoms with E-state index in [4.69, 9.17) is 16.3 Å². The number of nitrogens with one attached hydrogen (secondary N) is 1. The number of nitrogens with zero attached hydrogens (tertiary/aromatic N) is 1. The van der Waals surface area contributed by atoms with Gasteiger partial charge in [0.2, 0.25) is 0 Å². The summed E-state index contributed by atoms with van der Waals surface area (Å²) in [6.45, 7) is 1.76. The summed E-state index contributed by atoms with van der Waals surface area (Å²) in [5.74, 6) is 0.199. The summed E-state index contributed by atoms with van der Waals surface area (Å²) in [4.78, 5) is 6.81. The summed E-state index contributed by atoms with van der Waals surface area (Å²) in [5, 5.41) is 1.30. The van der Waals surface area contributed by atoms with Crippen LogP contribution in [0.15, 0.2) is 42.9 Å². The summed E-state index contributed by atoms with van der Waals surface area (Å²) in [6, 6.07) is 7.60. The van der Waals surface area contributed by atoms with Gasteiger partial charge in [0.25, 0.3) is 0 Å². The van der Waals surface area contributed by atoms with E-state index < -0.39 is 11.9 Å². The lowest BCUT2D eigenvalue weighted by Crippen LogP contribution is -2.06. The maximum Gasteiger partial charge on any atom is 0.149 e. The van der Waals surface area contributed by atoms with E-state index in [9.17, 15) is 4.39 Å². The van der Waals surface area contributed by atoms with E-state index in [0.717, 1.165) is 17.1 Å². The lowest BCUT2D eigenvalue weighted by Gasteiger charge is -2.16. The van der Waals surface area contributed by atoms with Crippen LogP contribution in [0, 0.1) is 5.82 Å².